The third kappa shape index (κ3) is 4.17. The topological polar surface area (TPSA) is 65.2 Å². The molecule has 0 unspecified atom stereocenters. The van der Waals surface area contributed by atoms with Gasteiger partial charge in [-0.3, -0.25) is 0 Å². The molecule has 0 fully saturated rings. The highest BCUT2D eigenvalue weighted by Crippen LogP contribution is 2.25. The number of nitrogens with two attached hydrogens (primary N) is 1. The van der Waals surface area contributed by atoms with E-state index in [0.29, 0.717) is 23.2 Å². The Balaban J connectivity index is 1.97. The van der Waals surface area contributed by atoms with Gasteiger partial charge in [-0.15, -0.1) is 0 Å². The average molecular weight is 306 g/mol. The lowest BCUT2D eigenvalue weighted by Crippen LogP contribution is -2.14. The number of fused-ring (bicyclic) bond motifs is 1. The number of unbranched alkanes of at least 4 members (excludes halogenated alkanes) is 1. The Morgan fingerprint density at radius 3 is 2.95 bits per heavy atom. The lowest BCUT2D eigenvalue weighted by Gasteiger charge is -2.14. The molecular formula is C16H22N2O2S. The minimum Gasteiger partial charge on any atom is -0.462 e. The van der Waals surface area contributed by atoms with Crippen molar-refractivity contribution in [2.24, 2.45) is 5.92 Å². The number of thiazole rings is 1. The lowest BCUT2D eigenvalue weighted by atomic mass is 10.0. The van der Waals surface area contributed by atoms with Crippen LogP contribution in [0.4, 0.5) is 5.13 Å². The second-order valence-corrected chi connectivity index (χ2v) is 6.31. The predicted octanol–water partition coefficient (Wildman–Crippen LogP) is 4.25. The van der Waals surface area contributed by atoms with Gasteiger partial charge in [0, 0.05) is 0 Å². The fourth-order valence-electron chi connectivity index (χ4n) is 2.24. The lowest BCUT2D eigenvalue weighted by molar-refractivity contribution is 0.0428. The molecular weight excluding hydrogens is 284 g/mol. The molecule has 4 nitrogen and oxygen atoms in total. The summed E-state index contributed by atoms with van der Waals surface area (Å²) < 4.78 is 6.36. The summed E-state index contributed by atoms with van der Waals surface area (Å²) in [6.07, 6.45) is 4.51. The summed E-state index contributed by atoms with van der Waals surface area (Å²) in [7, 11) is 0. The number of aromatic nitrogens is 1. The first kappa shape index (κ1) is 15.8. The van der Waals surface area contributed by atoms with Crippen LogP contribution in [0.5, 0.6) is 0 Å². The number of nitrogen functional groups attached to an aromatic ring is 1. The Morgan fingerprint density at radius 1 is 1.43 bits per heavy atom. The van der Waals surface area contributed by atoms with Crippen molar-refractivity contribution in [1.82, 2.24) is 4.98 Å². The number of rotatable bonds is 7. The summed E-state index contributed by atoms with van der Waals surface area (Å²) in [6.45, 7) is 4.81. The van der Waals surface area contributed by atoms with Gasteiger partial charge in [-0.25, -0.2) is 9.78 Å². The maximum atomic E-state index is 12.1. The quantitative estimate of drug-likeness (QED) is 0.777. The standard InChI is InChI=1S/C16H22N2O2S/c1-3-5-6-11(4-2)10-20-15(19)12-7-8-13-14(9-12)21-16(17)18-13/h7-9,11H,3-6,10H2,1-2H3,(H2,17,18)/t11-/m1/s1. The van der Waals surface area contributed by atoms with E-state index in [-0.39, 0.29) is 5.97 Å². The summed E-state index contributed by atoms with van der Waals surface area (Å²) in [4.78, 5) is 16.3. The van der Waals surface area contributed by atoms with Gasteiger partial charge in [-0.05, 0) is 30.5 Å². The van der Waals surface area contributed by atoms with Gasteiger partial charge < -0.3 is 10.5 Å². The maximum Gasteiger partial charge on any atom is 0.338 e. The molecule has 0 spiro atoms. The zero-order valence-electron chi connectivity index (χ0n) is 12.6. The molecule has 0 saturated carbocycles. The van der Waals surface area contributed by atoms with Crippen molar-refractivity contribution >= 4 is 32.7 Å². The molecule has 0 bridgehead atoms. The van der Waals surface area contributed by atoms with E-state index in [1.807, 2.05) is 6.07 Å². The zero-order chi connectivity index (χ0) is 15.2. The normalized spacial score (nSPS) is 12.5. The molecule has 2 aromatic rings. The van der Waals surface area contributed by atoms with Gasteiger partial charge in [0.25, 0.3) is 0 Å². The van der Waals surface area contributed by atoms with Gasteiger partial charge in [0.15, 0.2) is 5.13 Å². The molecule has 21 heavy (non-hydrogen) atoms. The van der Waals surface area contributed by atoms with E-state index < -0.39 is 0 Å². The Hall–Kier alpha value is -1.62. The van der Waals surface area contributed by atoms with Gasteiger partial charge in [0.1, 0.15) is 0 Å². The van der Waals surface area contributed by atoms with E-state index in [1.165, 1.54) is 24.2 Å². The number of hydrogen-bond donors (Lipinski definition) is 1. The van der Waals surface area contributed by atoms with Crippen molar-refractivity contribution < 1.29 is 9.53 Å². The molecule has 1 heterocycles. The predicted molar refractivity (Wildman–Crippen MR) is 87.6 cm³/mol. The first-order valence-electron chi connectivity index (χ1n) is 7.47. The van der Waals surface area contributed by atoms with E-state index in [0.717, 1.165) is 23.1 Å². The molecule has 0 saturated heterocycles. The molecule has 1 aromatic carbocycles. The van der Waals surface area contributed by atoms with Gasteiger partial charge >= 0.3 is 5.97 Å². The van der Waals surface area contributed by atoms with Crippen LogP contribution in [0.2, 0.25) is 0 Å². The third-order valence-electron chi connectivity index (χ3n) is 3.63. The van der Waals surface area contributed by atoms with Gasteiger partial charge in [-0.2, -0.15) is 0 Å². The smallest absolute Gasteiger partial charge is 0.338 e. The number of nitrogens with zero attached hydrogens (tertiary/aromatic N) is 1. The highest BCUT2D eigenvalue weighted by atomic mass is 32.1. The third-order valence-corrected chi connectivity index (χ3v) is 4.48. The summed E-state index contributed by atoms with van der Waals surface area (Å²) in [6, 6.07) is 5.36. The monoisotopic (exact) mass is 306 g/mol. The van der Waals surface area contributed by atoms with Crippen LogP contribution in [-0.4, -0.2) is 17.6 Å². The van der Waals surface area contributed by atoms with Crippen LogP contribution >= 0.6 is 11.3 Å². The molecule has 2 N–H and O–H groups in total. The van der Waals surface area contributed by atoms with Crippen molar-refractivity contribution in [2.75, 3.05) is 12.3 Å². The SMILES string of the molecule is CCCC[C@@H](CC)COC(=O)c1ccc2nc(N)sc2c1. The molecule has 0 radical (unpaired) electrons. The first-order chi connectivity index (χ1) is 10.1. The van der Waals surface area contributed by atoms with Crippen molar-refractivity contribution in [3.8, 4) is 0 Å². The Kier molecular flexibility index (Phi) is 5.56. The number of hydrogen-bond acceptors (Lipinski definition) is 5. The maximum absolute atomic E-state index is 12.1. The van der Waals surface area contributed by atoms with E-state index in [2.05, 4.69) is 18.8 Å². The fraction of sp³-hybridized carbons (Fsp3) is 0.500. The van der Waals surface area contributed by atoms with Crippen molar-refractivity contribution in [3.05, 3.63) is 23.8 Å². The fourth-order valence-corrected chi connectivity index (χ4v) is 3.02. The molecule has 1 aromatic heterocycles. The number of benzene rings is 1. The highest BCUT2D eigenvalue weighted by Gasteiger charge is 2.13. The molecule has 114 valence electrons. The molecule has 1 atom stereocenters. The van der Waals surface area contributed by atoms with Crippen molar-refractivity contribution in [2.45, 2.75) is 39.5 Å². The van der Waals surface area contributed by atoms with Crippen molar-refractivity contribution in [3.63, 3.8) is 0 Å². The Bertz CT molecular complexity index is 609. The molecule has 0 aliphatic rings. The molecule has 0 aliphatic carbocycles. The van der Waals surface area contributed by atoms with Gasteiger partial charge in [-0.1, -0.05) is 44.4 Å². The molecule has 0 aliphatic heterocycles. The van der Waals surface area contributed by atoms with Crippen LogP contribution < -0.4 is 5.73 Å². The van der Waals surface area contributed by atoms with E-state index in [4.69, 9.17) is 10.5 Å². The van der Waals surface area contributed by atoms with Crippen LogP contribution in [0, 0.1) is 5.92 Å². The second kappa shape index (κ2) is 7.41. The number of carbonyl (C=O) groups is 1. The van der Waals surface area contributed by atoms with E-state index in [1.54, 1.807) is 12.1 Å². The van der Waals surface area contributed by atoms with Gasteiger partial charge in [0.05, 0.1) is 22.4 Å². The van der Waals surface area contributed by atoms with Crippen molar-refractivity contribution in [1.29, 1.82) is 0 Å². The molecule has 2 rings (SSSR count). The van der Waals surface area contributed by atoms with Crippen LogP contribution in [0.25, 0.3) is 10.2 Å². The van der Waals surface area contributed by atoms with Crippen LogP contribution in [0.15, 0.2) is 18.2 Å². The summed E-state index contributed by atoms with van der Waals surface area (Å²) in [5.41, 5.74) is 7.06. The summed E-state index contributed by atoms with van der Waals surface area (Å²) in [5, 5.41) is 0.515. The number of anilines is 1. The number of ether oxygens (including phenoxy) is 1. The molecule has 5 heteroatoms. The first-order valence-corrected chi connectivity index (χ1v) is 8.28. The van der Waals surface area contributed by atoms with Crippen LogP contribution in [0.1, 0.15) is 49.9 Å². The van der Waals surface area contributed by atoms with Crippen LogP contribution in [0.3, 0.4) is 0 Å². The zero-order valence-corrected chi connectivity index (χ0v) is 13.4. The Labute approximate surface area is 129 Å². The average Bonchev–Trinajstić information content (AvgIpc) is 2.86. The van der Waals surface area contributed by atoms with E-state index >= 15 is 0 Å². The van der Waals surface area contributed by atoms with Gasteiger partial charge in [0.2, 0.25) is 0 Å². The van der Waals surface area contributed by atoms with E-state index in [9.17, 15) is 4.79 Å². The second-order valence-electron chi connectivity index (χ2n) is 5.25. The number of esters is 1. The van der Waals surface area contributed by atoms with Crippen LogP contribution in [-0.2, 0) is 4.74 Å². The Morgan fingerprint density at radius 2 is 2.24 bits per heavy atom. The largest absolute Gasteiger partial charge is 0.462 e. The minimum absolute atomic E-state index is 0.265. The summed E-state index contributed by atoms with van der Waals surface area (Å²) >= 11 is 1.38. The molecule has 0 amide bonds. The number of carbonyl (C=O) groups excluding carboxylic acids is 1. The highest BCUT2D eigenvalue weighted by molar-refractivity contribution is 7.22. The summed E-state index contributed by atoms with van der Waals surface area (Å²) in [5.74, 6) is 0.190. The minimum atomic E-state index is -0.265.